The number of halogens is 3. The summed E-state index contributed by atoms with van der Waals surface area (Å²) in [5.74, 6) is -1.45. The zero-order valence-electron chi connectivity index (χ0n) is 12.2. The van der Waals surface area contributed by atoms with Crippen LogP contribution in [-0.4, -0.2) is 28.1 Å². The van der Waals surface area contributed by atoms with E-state index in [1.54, 1.807) is 0 Å². The highest BCUT2D eigenvalue weighted by atomic mass is 35.5. The van der Waals surface area contributed by atoms with Gasteiger partial charge in [0.25, 0.3) is 0 Å². The van der Waals surface area contributed by atoms with Crippen LogP contribution >= 0.6 is 12.4 Å². The molecular formula is C16H20ClF2NO2. The Bertz CT molecular complexity index is 555. The molecule has 3 atom stereocenters. The van der Waals surface area contributed by atoms with Crippen molar-refractivity contribution in [1.29, 1.82) is 0 Å². The van der Waals surface area contributed by atoms with Crippen molar-refractivity contribution >= 4 is 18.4 Å². The van der Waals surface area contributed by atoms with Crippen LogP contribution in [0.2, 0.25) is 0 Å². The Morgan fingerprint density at radius 1 is 1.27 bits per heavy atom. The summed E-state index contributed by atoms with van der Waals surface area (Å²) in [5.41, 5.74) is 0.243. The molecule has 1 saturated heterocycles. The number of hydrogen-bond acceptors (Lipinski definition) is 2. The van der Waals surface area contributed by atoms with Gasteiger partial charge in [-0.25, -0.2) is 8.78 Å². The lowest BCUT2D eigenvalue weighted by Gasteiger charge is -2.33. The van der Waals surface area contributed by atoms with Crippen LogP contribution in [0.3, 0.4) is 0 Å². The lowest BCUT2D eigenvalue weighted by molar-refractivity contribution is -0.142. The van der Waals surface area contributed by atoms with E-state index in [0.29, 0.717) is 12.3 Å². The topological polar surface area (TPSA) is 40.5 Å². The minimum absolute atomic E-state index is 0. The average Bonchev–Trinajstić information content (AvgIpc) is 2.82. The molecule has 1 aromatic carbocycles. The van der Waals surface area contributed by atoms with Gasteiger partial charge in [0, 0.05) is 18.2 Å². The van der Waals surface area contributed by atoms with Crippen molar-refractivity contribution in [1.82, 2.24) is 4.90 Å². The number of carboxylic acids is 1. The molecule has 0 spiro atoms. The highest BCUT2D eigenvalue weighted by molar-refractivity contribution is 5.85. The Morgan fingerprint density at radius 3 is 2.73 bits per heavy atom. The van der Waals surface area contributed by atoms with Gasteiger partial charge in [0.15, 0.2) is 0 Å². The van der Waals surface area contributed by atoms with Gasteiger partial charge in [-0.2, -0.15) is 0 Å². The predicted molar refractivity (Wildman–Crippen MR) is 80.9 cm³/mol. The third-order valence-corrected chi connectivity index (χ3v) is 4.87. The average molecular weight is 332 g/mol. The number of likely N-dealkylation sites (tertiary alicyclic amines) is 1. The van der Waals surface area contributed by atoms with E-state index in [1.165, 1.54) is 6.07 Å². The molecule has 2 aliphatic rings. The summed E-state index contributed by atoms with van der Waals surface area (Å²) in [6.07, 6.45) is 4.82. The van der Waals surface area contributed by atoms with Gasteiger partial charge in [-0.3, -0.25) is 9.69 Å². The molecule has 1 heterocycles. The number of carboxylic acid groups (broad SMARTS) is 1. The Balaban J connectivity index is 0.00000176. The second-order valence-corrected chi connectivity index (χ2v) is 6.11. The lowest BCUT2D eigenvalue weighted by Crippen LogP contribution is -2.41. The van der Waals surface area contributed by atoms with Crippen LogP contribution in [0.15, 0.2) is 18.2 Å². The molecule has 3 rings (SSSR count). The minimum Gasteiger partial charge on any atom is -0.480 e. The van der Waals surface area contributed by atoms with Crippen LogP contribution in [0, 0.1) is 17.6 Å². The summed E-state index contributed by atoms with van der Waals surface area (Å²) in [5, 5.41) is 9.42. The molecule has 2 fully saturated rings. The van der Waals surface area contributed by atoms with Gasteiger partial charge in [-0.1, -0.05) is 12.8 Å². The molecular weight excluding hydrogens is 312 g/mol. The first-order chi connectivity index (χ1) is 10.1. The van der Waals surface area contributed by atoms with E-state index in [1.807, 2.05) is 4.90 Å². The molecule has 3 unspecified atom stereocenters. The standard InChI is InChI=1S/C16H19F2NO2.ClH/c17-12-5-6-13(18)11(7-12)9-19-14-4-2-1-3-10(14)8-15(19)16(20)21;/h5-7,10,14-15H,1-4,8-9H2,(H,20,21);1H. The van der Waals surface area contributed by atoms with Crippen LogP contribution in [0.4, 0.5) is 8.78 Å². The summed E-state index contributed by atoms with van der Waals surface area (Å²) in [6.45, 7) is 0.168. The Kier molecular flexibility index (Phi) is 5.40. The van der Waals surface area contributed by atoms with E-state index in [-0.39, 0.29) is 30.6 Å². The normalized spacial score (nSPS) is 28.0. The van der Waals surface area contributed by atoms with Gasteiger partial charge >= 0.3 is 5.97 Å². The molecule has 0 radical (unpaired) electrons. The SMILES string of the molecule is Cl.O=C(O)C1CC2CCCCC2N1Cc1cc(F)ccc1F. The summed E-state index contributed by atoms with van der Waals surface area (Å²) in [7, 11) is 0. The number of hydrogen-bond donors (Lipinski definition) is 1. The van der Waals surface area contributed by atoms with Crippen molar-refractivity contribution < 1.29 is 18.7 Å². The monoisotopic (exact) mass is 331 g/mol. The van der Waals surface area contributed by atoms with Gasteiger partial charge in [-0.15, -0.1) is 12.4 Å². The first-order valence-electron chi connectivity index (χ1n) is 7.48. The van der Waals surface area contributed by atoms with Gasteiger partial charge in [0.2, 0.25) is 0 Å². The van der Waals surface area contributed by atoms with E-state index in [0.717, 1.165) is 37.8 Å². The highest BCUT2D eigenvalue weighted by Gasteiger charge is 2.45. The number of benzene rings is 1. The second-order valence-electron chi connectivity index (χ2n) is 6.11. The van der Waals surface area contributed by atoms with Gasteiger partial charge < -0.3 is 5.11 Å². The number of nitrogens with zero attached hydrogens (tertiary/aromatic N) is 1. The third-order valence-electron chi connectivity index (χ3n) is 4.87. The summed E-state index contributed by atoms with van der Waals surface area (Å²) in [4.78, 5) is 13.4. The smallest absolute Gasteiger partial charge is 0.320 e. The molecule has 0 bridgehead atoms. The van der Waals surface area contributed by atoms with Crippen molar-refractivity contribution in [2.24, 2.45) is 5.92 Å². The summed E-state index contributed by atoms with van der Waals surface area (Å²) >= 11 is 0. The molecule has 1 aliphatic heterocycles. The Hall–Kier alpha value is -1.20. The maximum atomic E-state index is 13.8. The van der Waals surface area contributed by atoms with Crippen LogP contribution in [0.25, 0.3) is 0 Å². The molecule has 22 heavy (non-hydrogen) atoms. The fraction of sp³-hybridized carbons (Fsp3) is 0.562. The molecule has 6 heteroatoms. The van der Waals surface area contributed by atoms with Crippen molar-refractivity contribution in [3.8, 4) is 0 Å². The zero-order chi connectivity index (χ0) is 15.0. The second kappa shape index (κ2) is 6.92. The predicted octanol–water partition coefficient (Wildman–Crippen LogP) is 3.60. The summed E-state index contributed by atoms with van der Waals surface area (Å²) in [6, 6.07) is 2.96. The van der Waals surface area contributed by atoms with Crippen LogP contribution in [-0.2, 0) is 11.3 Å². The van der Waals surface area contributed by atoms with Gasteiger partial charge in [-0.05, 0) is 43.4 Å². The molecule has 1 N–H and O–H groups in total. The van der Waals surface area contributed by atoms with Crippen molar-refractivity contribution in [2.75, 3.05) is 0 Å². The quantitative estimate of drug-likeness (QED) is 0.920. The maximum absolute atomic E-state index is 13.8. The van der Waals surface area contributed by atoms with Crippen molar-refractivity contribution in [3.05, 3.63) is 35.4 Å². The van der Waals surface area contributed by atoms with Crippen molar-refractivity contribution in [2.45, 2.75) is 50.7 Å². The summed E-state index contributed by atoms with van der Waals surface area (Å²) < 4.78 is 27.1. The van der Waals surface area contributed by atoms with Gasteiger partial charge in [0.05, 0.1) is 0 Å². The first-order valence-corrected chi connectivity index (χ1v) is 7.48. The van der Waals surface area contributed by atoms with E-state index < -0.39 is 23.6 Å². The number of fused-ring (bicyclic) bond motifs is 1. The fourth-order valence-corrected chi connectivity index (χ4v) is 3.88. The van der Waals surface area contributed by atoms with E-state index in [2.05, 4.69) is 0 Å². The molecule has 1 aliphatic carbocycles. The Morgan fingerprint density at radius 2 is 2.00 bits per heavy atom. The lowest BCUT2D eigenvalue weighted by atomic mass is 9.84. The molecule has 3 nitrogen and oxygen atoms in total. The third kappa shape index (κ3) is 3.25. The molecule has 1 saturated carbocycles. The Labute approximate surface area is 134 Å². The number of carbonyl (C=O) groups is 1. The van der Waals surface area contributed by atoms with Crippen molar-refractivity contribution in [3.63, 3.8) is 0 Å². The maximum Gasteiger partial charge on any atom is 0.320 e. The molecule has 1 aromatic rings. The van der Waals surface area contributed by atoms with Crippen LogP contribution in [0.1, 0.15) is 37.7 Å². The molecule has 122 valence electrons. The van der Waals surface area contributed by atoms with E-state index in [4.69, 9.17) is 0 Å². The van der Waals surface area contributed by atoms with E-state index in [9.17, 15) is 18.7 Å². The van der Waals surface area contributed by atoms with Gasteiger partial charge in [0.1, 0.15) is 17.7 Å². The molecule has 0 aromatic heterocycles. The van der Waals surface area contributed by atoms with E-state index >= 15 is 0 Å². The fourth-order valence-electron chi connectivity index (χ4n) is 3.88. The minimum atomic E-state index is -0.860. The number of aliphatic carboxylic acids is 1. The van der Waals surface area contributed by atoms with Crippen LogP contribution < -0.4 is 0 Å². The highest BCUT2D eigenvalue weighted by Crippen LogP contribution is 2.40. The largest absolute Gasteiger partial charge is 0.480 e. The number of rotatable bonds is 3. The van der Waals surface area contributed by atoms with Crippen LogP contribution in [0.5, 0.6) is 0 Å². The first kappa shape index (κ1) is 17.2. The zero-order valence-corrected chi connectivity index (χ0v) is 13.0. The molecule has 0 amide bonds.